The fourth-order valence-electron chi connectivity index (χ4n) is 1.76. The lowest BCUT2D eigenvalue weighted by Gasteiger charge is -2.05. The number of thioether (sulfide) groups is 1. The van der Waals surface area contributed by atoms with Crippen LogP contribution < -0.4 is 10.1 Å². The molecule has 1 aromatic rings. The summed E-state index contributed by atoms with van der Waals surface area (Å²) >= 11 is 6.24. The van der Waals surface area contributed by atoms with Gasteiger partial charge in [0.15, 0.2) is 0 Å². The Labute approximate surface area is 134 Å². The number of rotatable bonds is 5. The maximum atomic E-state index is 11.6. The normalized spacial score (nSPS) is 16.0. The Bertz CT molecular complexity index is 599. The molecule has 0 saturated carbocycles. The lowest BCUT2D eigenvalue weighted by molar-refractivity contribution is -0.115. The molecule has 0 aliphatic carbocycles. The summed E-state index contributed by atoms with van der Waals surface area (Å²) in [6.07, 6.45) is 4.88. The van der Waals surface area contributed by atoms with Gasteiger partial charge in [0.2, 0.25) is 0 Å². The molecule has 2 rings (SSSR count). The number of hydrogen-bond donors (Lipinski definition) is 1. The molecule has 21 heavy (non-hydrogen) atoms. The third kappa shape index (κ3) is 5.02. The van der Waals surface area contributed by atoms with Crippen LogP contribution in [-0.2, 0) is 4.79 Å². The molecule has 0 spiro atoms. The highest BCUT2D eigenvalue weighted by atomic mass is 32.2. The van der Waals surface area contributed by atoms with Crippen LogP contribution in [0.15, 0.2) is 40.8 Å². The Morgan fingerprint density at radius 3 is 2.62 bits per heavy atom. The zero-order valence-electron chi connectivity index (χ0n) is 12.0. The molecule has 0 radical (unpaired) electrons. The maximum Gasteiger partial charge on any atom is 0.263 e. The number of nitrogens with one attached hydrogen (secondary N) is 1. The molecular formula is C16H17NO2S2. The first-order valence-electron chi connectivity index (χ1n) is 6.65. The van der Waals surface area contributed by atoms with E-state index >= 15 is 0 Å². The standard InChI is InChI=1S/C16H17NO2S2/c1-11(2)4-3-9-19-13-7-5-12(6-8-13)10-14-15(18)17-16(20)21-14/h4-8,10H,3,9H2,1-2H3,(H,17,18,20). The summed E-state index contributed by atoms with van der Waals surface area (Å²) < 4.78 is 6.15. The lowest BCUT2D eigenvalue weighted by atomic mass is 10.2. The highest BCUT2D eigenvalue weighted by Gasteiger charge is 2.21. The predicted octanol–water partition coefficient (Wildman–Crippen LogP) is 3.91. The van der Waals surface area contributed by atoms with Gasteiger partial charge < -0.3 is 10.1 Å². The van der Waals surface area contributed by atoms with Crippen LogP contribution in [0.3, 0.4) is 0 Å². The van der Waals surface area contributed by atoms with Crippen LogP contribution in [0.1, 0.15) is 25.8 Å². The quantitative estimate of drug-likeness (QED) is 0.386. The Balaban J connectivity index is 1.93. The minimum absolute atomic E-state index is 0.132. The number of amides is 1. The fraction of sp³-hybridized carbons (Fsp3) is 0.250. The van der Waals surface area contributed by atoms with Gasteiger partial charge in [0.1, 0.15) is 10.1 Å². The summed E-state index contributed by atoms with van der Waals surface area (Å²) in [7, 11) is 0. The van der Waals surface area contributed by atoms with Crippen molar-refractivity contribution in [3.63, 3.8) is 0 Å². The van der Waals surface area contributed by atoms with E-state index in [-0.39, 0.29) is 5.91 Å². The molecule has 1 aliphatic heterocycles. The molecule has 1 fully saturated rings. The van der Waals surface area contributed by atoms with Gasteiger partial charge in [0.05, 0.1) is 11.5 Å². The zero-order chi connectivity index (χ0) is 15.2. The van der Waals surface area contributed by atoms with Gasteiger partial charge in [0.25, 0.3) is 5.91 Å². The number of carbonyl (C=O) groups excluding carboxylic acids is 1. The first-order chi connectivity index (χ1) is 10.0. The van der Waals surface area contributed by atoms with Crippen LogP contribution in [0.25, 0.3) is 6.08 Å². The summed E-state index contributed by atoms with van der Waals surface area (Å²) in [6.45, 7) is 4.81. The van der Waals surface area contributed by atoms with E-state index in [1.807, 2.05) is 30.3 Å². The largest absolute Gasteiger partial charge is 0.493 e. The van der Waals surface area contributed by atoms with Gasteiger partial charge in [-0.15, -0.1) is 0 Å². The third-order valence-corrected chi connectivity index (χ3v) is 3.92. The van der Waals surface area contributed by atoms with Gasteiger partial charge >= 0.3 is 0 Å². The SMILES string of the molecule is CC(C)=CCCOc1ccc(C=C2SC(=S)NC2=O)cc1. The van der Waals surface area contributed by atoms with Crippen LogP contribution in [0, 0.1) is 0 Å². The van der Waals surface area contributed by atoms with Gasteiger partial charge in [0, 0.05) is 0 Å². The topological polar surface area (TPSA) is 38.3 Å². The van der Waals surface area contributed by atoms with Crippen molar-refractivity contribution in [3.05, 3.63) is 46.4 Å². The summed E-state index contributed by atoms with van der Waals surface area (Å²) in [5.41, 5.74) is 2.25. The number of thiocarbonyl (C=S) groups is 1. The van der Waals surface area contributed by atoms with Crippen molar-refractivity contribution in [3.8, 4) is 5.75 Å². The van der Waals surface area contributed by atoms with Gasteiger partial charge in [-0.2, -0.15) is 0 Å². The van der Waals surface area contributed by atoms with Crippen molar-refractivity contribution in [1.29, 1.82) is 0 Å². The molecule has 0 atom stereocenters. The molecule has 0 aromatic heterocycles. The van der Waals surface area contributed by atoms with Crippen LogP contribution in [0.2, 0.25) is 0 Å². The van der Waals surface area contributed by atoms with Gasteiger partial charge in [-0.05, 0) is 44.0 Å². The average molecular weight is 319 g/mol. The smallest absolute Gasteiger partial charge is 0.263 e. The molecule has 1 heterocycles. The molecule has 110 valence electrons. The van der Waals surface area contributed by atoms with Crippen molar-refractivity contribution in [2.75, 3.05) is 6.61 Å². The predicted molar refractivity (Wildman–Crippen MR) is 92.3 cm³/mol. The maximum absolute atomic E-state index is 11.6. The summed E-state index contributed by atoms with van der Waals surface area (Å²) in [4.78, 5) is 12.2. The van der Waals surface area contributed by atoms with Crippen LogP contribution in [0.4, 0.5) is 0 Å². The van der Waals surface area contributed by atoms with E-state index in [9.17, 15) is 4.79 Å². The molecule has 0 unspecified atom stereocenters. The molecule has 1 amide bonds. The van der Waals surface area contributed by atoms with Crippen LogP contribution in [-0.4, -0.2) is 16.8 Å². The molecule has 1 aliphatic rings. The zero-order valence-corrected chi connectivity index (χ0v) is 13.6. The van der Waals surface area contributed by atoms with E-state index in [4.69, 9.17) is 17.0 Å². The van der Waals surface area contributed by atoms with Crippen molar-refractivity contribution >= 4 is 40.3 Å². The Morgan fingerprint density at radius 2 is 2.05 bits per heavy atom. The van der Waals surface area contributed by atoms with E-state index < -0.39 is 0 Å². The second-order valence-electron chi connectivity index (χ2n) is 4.84. The minimum atomic E-state index is -0.132. The molecule has 5 heteroatoms. The molecule has 1 saturated heterocycles. The van der Waals surface area contributed by atoms with Crippen LogP contribution >= 0.6 is 24.0 Å². The van der Waals surface area contributed by atoms with E-state index in [0.717, 1.165) is 17.7 Å². The van der Waals surface area contributed by atoms with Crippen molar-refractivity contribution < 1.29 is 9.53 Å². The van der Waals surface area contributed by atoms with E-state index in [0.29, 0.717) is 15.8 Å². The highest BCUT2D eigenvalue weighted by molar-refractivity contribution is 8.26. The van der Waals surface area contributed by atoms with Crippen LogP contribution in [0.5, 0.6) is 5.75 Å². The Kier molecular flexibility index (Phi) is 5.59. The summed E-state index contributed by atoms with van der Waals surface area (Å²) in [6, 6.07) is 7.67. The highest BCUT2D eigenvalue weighted by Crippen LogP contribution is 2.26. The molecular weight excluding hydrogens is 302 g/mol. The monoisotopic (exact) mass is 319 g/mol. The van der Waals surface area contributed by atoms with Gasteiger partial charge in [-0.25, -0.2) is 0 Å². The van der Waals surface area contributed by atoms with E-state index in [1.165, 1.54) is 17.3 Å². The molecule has 1 aromatic carbocycles. The first-order valence-corrected chi connectivity index (χ1v) is 7.88. The van der Waals surface area contributed by atoms with Gasteiger partial charge in [-0.1, -0.05) is 47.8 Å². The first kappa shape index (κ1) is 15.8. The summed E-state index contributed by atoms with van der Waals surface area (Å²) in [5.74, 6) is 0.699. The van der Waals surface area contributed by atoms with E-state index in [2.05, 4.69) is 25.2 Å². The number of ether oxygens (including phenoxy) is 1. The van der Waals surface area contributed by atoms with E-state index in [1.54, 1.807) is 0 Å². The lowest BCUT2D eigenvalue weighted by Crippen LogP contribution is -2.17. The van der Waals surface area contributed by atoms with Crippen molar-refractivity contribution in [1.82, 2.24) is 5.32 Å². The van der Waals surface area contributed by atoms with Crippen molar-refractivity contribution in [2.24, 2.45) is 0 Å². The number of hydrogen-bond acceptors (Lipinski definition) is 4. The molecule has 1 N–H and O–H groups in total. The third-order valence-electron chi connectivity index (χ3n) is 2.76. The van der Waals surface area contributed by atoms with Crippen molar-refractivity contribution in [2.45, 2.75) is 20.3 Å². The summed E-state index contributed by atoms with van der Waals surface area (Å²) in [5, 5.41) is 2.60. The van der Waals surface area contributed by atoms with Gasteiger partial charge in [-0.3, -0.25) is 4.79 Å². The molecule has 0 bridgehead atoms. The average Bonchev–Trinajstić information content (AvgIpc) is 2.74. The minimum Gasteiger partial charge on any atom is -0.493 e. The number of carbonyl (C=O) groups is 1. The fourth-order valence-corrected chi connectivity index (χ4v) is 2.80. The number of benzene rings is 1. The Hall–Kier alpha value is -1.59. The second kappa shape index (κ2) is 7.43. The number of allylic oxidation sites excluding steroid dienone is 1. The Morgan fingerprint density at radius 1 is 1.33 bits per heavy atom. The molecule has 3 nitrogen and oxygen atoms in total. The second-order valence-corrected chi connectivity index (χ2v) is 6.56.